The van der Waals surface area contributed by atoms with Crippen LogP contribution in [0.15, 0.2) is 48.5 Å². The van der Waals surface area contributed by atoms with Gasteiger partial charge in [0, 0.05) is 103 Å². The van der Waals surface area contributed by atoms with E-state index in [4.69, 9.17) is 4.74 Å². The van der Waals surface area contributed by atoms with E-state index in [1.54, 1.807) is 18.2 Å². The first-order valence-corrected chi connectivity index (χ1v) is 22.1. The van der Waals surface area contributed by atoms with Crippen molar-refractivity contribution in [2.75, 3.05) is 63.9 Å². The number of nitrogens with one attached hydrogen (secondary N) is 3. The number of piperazine rings is 1. The predicted octanol–water partition coefficient (Wildman–Crippen LogP) is 4.40. The van der Waals surface area contributed by atoms with Crippen LogP contribution in [0.1, 0.15) is 107 Å². The monoisotopic (exact) mass is 838 g/mol. The molecule has 14 heteroatoms. The largest absolute Gasteiger partial charge is 0.493 e. The number of aromatic nitrogens is 1. The number of piperidine rings is 2. The van der Waals surface area contributed by atoms with Crippen LogP contribution in [-0.4, -0.2) is 120 Å². The van der Waals surface area contributed by atoms with Crippen molar-refractivity contribution < 1.29 is 28.7 Å². The molecule has 9 rings (SSSR count). The summed E-state index contributed by atoms with van der Waals surface area (Å²) in [5.74, 6) is -0.366. The van der Waals surface area contributed by atoms with Crippen LogP contribution in [-0.2, 0) is 32.8 Å². The Balaban J connectivity index is 0.727. The second-order valence-corrected chi connectivity index (χ2v) is 17.8. The van der Waals surface area contributed by atoms with Gasteiger partial charge in [0.1, 0.15) is 11.8 Å². The highest BCUT2D eigenvalue weighted by Crippen LogP contribution is 2.46. The lowest BCUT2D eigenvalue weighted by atomic mass is 9.70. The number of benzene rings is 3. The number of H-pyrrole nitrogens is 1. The van der Waals surface area contributed by atoms with Gasteiger partial charge in [0.15, 0.2) is 5.78 Å². The Hall–Kier alpha value is -6.04. The van der Waals surface area contributed by atoms with Crippen molar-refractivity contribution in [3.63, 3.8) is 0 Å². The van der Waals surface area contributed by atoms with Crippen LogP contribution in [0, 0.1) is 11.3 Å². The molecule has 3 saturated heterocycles. The molecule has 5 heterocycles. The molecular formula is C48H54N8O6. The van der Waals surface area contributed by atoms with Crippen molar-refractivity contribution in [1.29, 1.82) is 5.26 Å². The second-order valence-electron chi connectivity index (χ2n) is 17.8. The molecule has 4 amide bonds. The third-order valence-electron chi connectivity index (χ3n) is 13.8. The van der Waals surface area contributed by atoms with Gasteiger partial charge in [-0.25, -0.2) is 0 Å². The summed E-state index contributed by atoms with van der Waals surface area (Å²) in [5, 5.41) is 15.7. The second kappa shape index (κ2) is 16.7. The van der Waals surface area contributed by atoms with E-state index in [0.29, 0.717) is 55.5 Å². The van der Waals surface area contributed by atoms with Gasteiger partial charge in [-0.05, 0) is 79.6 Å². The number of imide groups is 1. The lowest BCUT2D eigenvalue weighted by molar-refractivity contribution is -0.137. The number of aromatic amines is 1. The van der Waals surface area contributed by atoms with Crippen LogP contribution in [0.3, 0.4) is 0 Å². The molecule has 1 unspecified atom stereocenters. The van der Waals surface area contributed by atoms with Crippen LogP contribution < -0.4 is 20.3 Å². The van der Waals surface area contributed by atoms with Crippen LogP contribution in [0.25, 0.3) is 10.9 Å². The number of anilines is 1. The number of carbonyl (C=O) groups is 5. The molecule has 1 aliphatic carbocycles. The Labute approximate surface area is 361 Å². The maximum atomic E-state index is 14.1. The molecule has 4 aliphatic heterocycles. The van der Waals surface area contributed by atoms with Crippen LogP contribution in [0.2, 0.25) is 0 Å². The number of nitrogens with zero attached hydrogens (tertiary/aromatic N) is 5. The number of rotatable bonds is 11. The Kier molecular flexibility index (Phi) is 11.1. The fourth-order valence-electron chi connectivity index (χ4n) is 10.3. The Morgan fingerprint density at radius 3 is 2.50 bits per heavy atom. The van der Waals surface area contributed by atoms with Crippen molar-refractivity contribution in [2.24, 2.45) is 0 Å². The van der Waals surface area contributed by atoms with Crippen LogP contribution >= 0.6 is 0 Å². The van der Waals surface area contributed by atoms with Crippen molar-refractivity contribution in [2.45, 2.75) is 83.3 Å². The number of amides is 4. The minimum absolute atomic E-state index is 0.00612. The number of carbonyl (C=O) groups excluding carboxylic acids is 5. The average molecular weight is 839 g/mol. The Morgan fingerprint density at radius 2 is 1.76 bits per heavy atom. The highest BCUT2D eigenvalue weighted by Gasteiger charge is 2.42. The molecule has 14 nitrogen and oxygen atoms in total. The predicted molar refractivity (Wildman–Crippen MR) is 233 cm³/mol. The van der Waals surface area contributed by atoms with Gasteiger partial charge >= 0.3 is 0 Å². The number of hydrogen-bond donors (Lipinski definition) is 3. The SMILES string of the molecule is CCc1cc2c(cc1N1CCC(N3CCN(CC(=O)NCCCOc4cccc5c4CN(C4CCC(=O)NC4=O)C5=O)CC3)CC1)C(C)(C)c1[nH]c3cc(C#N)ccc3c1C2=O. The molecule has 62 heavy (non-hydrogen) atoms. The van der Waals surface area contributed by atoms with Crippen molar-refractivity contribution in [3.8, 4) is 11.8 Å². The molecule has 0 radical (unpaired) electrons. The molecule has 4 aromatic rings. The molecule has 3 aromatic carbocycles. The van der Waals surface area contributed by atoms with Gasteiger partial charge in [-0.2, -0.15) is 5.26 Å². The normalized spacial score (nSPS) is 20.5. The van der Waals surface area contributed by atoms with Gasteiger partial charge in [0.2, 0.25) is 17.7 Å². The highest BCUT2D eigenvalue weighted by atomic mass is 16.5. The van der Waals surface area contributed by atoms with E-state index in [1.165, 1.54) is 16.2 Å². The molecule has 3 fully saturated rings. The molecule has 0 spiro atoms. The standard InChI is InChI=1S/C48H54N8O6/c1-4-30-24-34-36(48(2,3)45-43(44(34)59)33-10-9-29(26-49)23-37(33)51-45)25-39(30)55-16-13-31(14-17-55)54-20-18-53(19-21-54)28-42(58)50-15-6-22-62-40-8-5-7-32-35(40)27-56(47(32)61)38-11-12-41(57)52-46(38)60/h5,7-10,23-25,31,38,51H,4,6,11-22,27-28H2,1-3H3,(H,50,58)(H,52,57,60). The van der Waals surface area contributed by atoms with E-state index < -0.39 is 17.4 Å². The topological polar surface area (TPSA) is 171 Å². The number of hydrogen-bond acceptors (Lipinski definition) is 10. The Morgan fingerprint density at radius 1 is 0.968 bits per heavy atom. The summed E-state index contributed by atoms with van der Waals surface area (Å²) in [6, 6.07) is 17.3. The van der Waals surface area contributed by atoms with Crippen LogP contribution in [0.5, 0.6) is 5.75 Å². The molecule has 0 saturated carbocycles. The number of ketones is 1. The first-order valence-electron chi connectivity index (χ1n) is 22.1. The van der Waals surface area contributed by atoms with Crippen molar-refractivity contribution in [1.82, 2.24) is 30.3 Å². The fourth-order valence-corrected chi connectivity index (χ4v) is 10.3. The zero-order chi connectivity index (χ0) is 43.3. The van der Waals surface area contributed by atoms with Crippen LogP contribution in [0.4, 0.5) is 5.69 Å². The third kappa shape index (κ3) is 7.51. The van der Waals surface area contributed by atoms with Gasteiger partial charge in [-0.1, -0.05) is 32.9 Å². The van der Waals surface area contributed by atoms with E-state index in [2.05, 4.69) is 69.3 Å². The summed E-state index contributed by atoms with van der Waals surface area (Å²) >= 11 is 0. The number of aryl methyl sites for hydroxylation is 1. The third-order valence-corrected chi connectivity index (χ3v) is 13.8. The summed E-state index contributed by atoms with van der Waals surface area (Å²) in [6.07, 6.45) is 4.05. The molecule has 1 aromatic heterocycles. The molecule has 5 aliphatic rings. The first-order chi connectivity index (χ1) is 29.9. The molecule has 322 valence electrons. The molecule has 3 N–H and O–H groups in total. The zero-order valence-electron chi connectivity index (χ0n) is 35.8. The summed E-state index contributed by atoms with van der Waals surface area (Å²) < 4.78 is 6.06. The van der Waals surface area contributed by atoms with Gasteiger partial charge in [0.05, 0.1) is 36.9 Å². The lowest BCUT2D eigenvalue weighted by Gasteiger charge is -2.44. The van der Waals surface area contributed by atoms with Gasteiger partial charge in [-0.15, -0.1) is 0 Å². The van der Waals surface area contributed by atoms with Gasteiger partial charge in [-0.3, -0.25) is 39.1 Å². The summed E-state index contributed by atoms with van der Waals surface area (Å²) in [6.45, 7) is 13.4. The zero-order valence-corrected chi connectivity index (χ0v) is 35.8. The highest BCUT2D eigenvalue weighted by molar-refractivity contribution is 6.20. The van der Waals surface area contributed by atoms with E-state index in [-0.39, 0.29) is 36.5 Å². The fraction of sp³-hybridized carbons (Fsp3) is 0.458. The van der Waals surface area contributed by atoms with Crippen molar-refractivity contribution >= 4 is 46.0 Å². The first kappa shape index (κ1) is 41.3. The summed E-state index contributed by atoms with van der Waals surface area (Å²) in [4.78, 5) is 76.6. The minimum atomic E-state index is -0.679. The number of fused-ring (bicyclic) bond motifs is 5. The van der Waals surface area contributed by atoms with E-state index in [9.17, 15) is 29.2 Å². The quantitative estimate of drug-likeness (QED) is 0.145. The van der Waals surface area contributed by atoms with E-state index >= 15 is 0 Å². The summed E-state index contributed by atoms with van der Waals surface area (Å²) in [7, 11) is 0. The van der Waals surface area contributed by atoms with Gasteiger partial charge in [0.25, 0.3) is 5.91 Å². The molecule has 0 bridgehead atoms. The average Bonchev–Trinajstić information content (AvgIpc) is 3.84. The van der Waals surface area contributed by atoms with Gasteiger partial charge < -0.3 is 24.8 Å². The Bertz CT molecular complexity index is 2520. The van der Waals surface area contributed by atoms with Crippen molar-refractivity contribution in [3.05, 3.63) is 93.2 Å². The molecule has 1 atom stereocenters. The molecular weight excluding hydrogens is 785 g/mol. The number of ether oxygens (including phenoxy) is 1. The number of nitriles is 1. The minimum Gasteiger partial charge on any atom is -0.493 e. The smallest absolute Gasteiger partial charge is 0.255 e. The summed E-state index contributed by atoms with van der Waals surface area (Å²) in [5.41, 5.74) is 8.07. The lowest BCUT2D eigenvalue weighted by Crippen LogP contribution is -2.54. The van der Waals surface area contributed by atoms with E-state index in [0.717, 1.165) is 97.4 Å². The maximum Gasteiger partial charge on any atom is 0.255 e. The van der Waals surface area contributed by atoms with E-state index in [1.807, 2.05) is 18.2 Å². The maximum absolute atomic E-state index is 14.1.